The highest BCUT2D eigenvalue weighted by atomic mass is 19.1. The molecule has 6 heteroatoms. The number of halogens is 1. The highest BCUT2D eigenvalue weighted by molar-refractivity contribution is 5.83. The maximum Gasteiger partial charge on any atom is 0.226 e. The predicted molar refractivity (Wildman–Crippen MR) is 121 cm³/mol. The number of amides is 2. The number of hydrogen-bond donors (Lipinski definition) is 0. The Hall–Kier alpha value is -2.21. The first kappa shape index (κ1) is 21.6. The van der Waals surface area contributed by atoms with E-state index >= 15 is 0 Å². The van der Waals surface area contributed by atoms with E-state index in [1.165, 1.54) is 6.07 Å². The van der Waals surface area contributed by atoms with Gasteiger partial charge in [-0.3, -0.25) is 14.5 Å². The Morgan fingerprint density at radius 1 is 0.969 bits per heavy atom. The van der Waals surface area contributed by atoms with Gasteiger partial charge in [0.2, 0.25) is 11.8 Å². The van der Waals surface area contributed by atoms with Crippen LogP contribution in [0.5, 0.6) is 0 Å². The van der Waals surface area contributed by atoms with Gasteiger partial charge in [0.1, 0.15) is 5.82 Å². The third-order valence-corrected chi connectivity index (χ3v) is 8.16. The summed E-state index contributed by atoms with van der Waals surface area (Å²) >= 11 is 0. The molecular weight excluding hydrogens is 405 g/mol. The lowest BCUT2D eigenvalue weighted by Crippen LogP contribution is -2.49. The summed E-state index contributed by atoms with van der Waals surface area (Å²) in [7, 11) is 0. The topological polar surface area (TPSA) is 43.9 Å². The number of allylic oxidation sites excluding steroid dienone is 2. The Bertz CT molecular complexity index is 885. The van der Waals surface area contributed by atoms with E-state index in [0.29, 0.717) is 11.8 Å². The minimum Gasteiger partial charge on any atom is -0.342 e. The minimum absolute atomic E-state index is 0.138. The van der Waals surface area contributed by atoms with Crippen LogP contribution in [-0.4, -0.2) is 65.8 Å². The molecule has 5 rings (SSSR count). The zero-order valence-corrected chi connectivity index (χ0v) is 18.8. The van der Waals surface area contributed by atoms with Crippen LogP contribution in [0, 0.1) is 23.1 Å². The second-order valence-corrected chi connectivity index (χ2v) is 10.2. The number of carbonyl (C=O) groups excluding carboxylic acids is 2. The standard InChI is InChI=1S/C26H34FN3O2/c27-22-8-4-5-20(17-22)19-28-13-15-30(16-14-28)25(32)23-18-26(23)9-11-29(12-10-26)24(31)21-6-2-1-3-7-21/h1-2,4-5,8,17,21,23H,3,6-7,9-16,18-19H2/t21-,23+/m0/s1. The van der Waals surface area contributed by atoms with Gasteiger partial charge in [0.15, 0.2) is 0 Å². The molecule has 0 bridgehead atoms. The van der Waals surface area contributed by atoms with Gasteiger partial charge in [0.25, 0.3) is 0 Å². The van der Waals surface area contributed by atoms with Gasteiger partial charge >= 0.3 is 0 Å². The summed E-state index contributed by atoms with van der Waals surface area (Å²) < 4.78 is 13.4. The summed E-state index contributed by atoms with van der Waals surface area (Å²) in [6.07, 6.45) is 10.1. The lowest BCUT2D eigenvalue weighted by Gasteiger charge is -2.37. The average molecular weight is 440 g/mol. The van der Waals surface area contributed by atoms with Crippen LogP contribution >= 0.6 is 0 Å². The summed E-state index contributed by atoms with van der Waals surface area (Å²) in [4.78, 5) is 32.4. The molecule has 0 N–H and O–H groups in total. The second kappa shape index (κ2) is 8.97. The second-order valence-electron chi connectivity index (χ2n) is 10.2. The third kappa shape index (κ3) is 4.47. The molecule has 32 heavy (non-hydrogen) atoms. The quantitative estimate of drug-likeness (QED) is 0.675. The van der Waals surface area contributed by atoms with Crippen LogP contribution in [0.15, 0.2) is 36.4 Å². The molecule has 2 saturated heterocycles. The monoisotopic (exact) mass is 439 g/mol. The Balaban J connectivity index is 1.08. The van der Waals surface area contributed by atoms with E-state index < -0.39 is 0 Å². The maximum atomic E-state index is 13.4. The molecule has 2 aliphatic carbocycles. The molecule has 1 saturated carbocycles. The van der Waals surface area contributed by atoms with Crippen LogP contribution in [0.2, 0.25) is 0 Å². The summed E-state index contributed by atoms with van der Waals surface area (Å²) in [6.45, 7) is 5.52. The molecular formula is C26H34FN3O2. The van der Waals surface area contributed by atoms with Crippen molar-refractivity contribution >= 4 is 11.8 Å². The Morgan fingerprint density at radius 3 is 2.41 bits per heavy atom. The van der Waals surface area contributed by atoms with Gasteiger partial charge in [-0.15, -0.1) is 0 Å². The summed E-state index contributed by atoms with van der Waals surface area (Å²) in [6, 6.07) is 6.77. The molecule has 0 unspecified atom stereocenters. The molecule has 0 radical (unpaired) electrons. The van der Waals surface area contributed by atoms with Gasteiger partial charge < -0.3 is 9.80 Å². The van der Waals surface area contributed by atoms with E-state index in [1.54, 1.807) is 12.1 Å². The lowest BCUT2D eigenvalue weighted by atomic mass is 9.88. The van der Waals surface area contributed by atoms with Crippen LogP contribution < -0.4 is 0 Å². The first-order valence-electron chi connectivity index (χ1n) is 12.2. The smallest absolute Gasteiger partial charge is 0.226 e. The fourth-order valence-electron chi connectivity index (χ4n) is 5.94. The van der Waals surface area contributed by atoms with Crippen molar-refractivity contribution in [2.45, 2.75) is 45.1 Å². The summed E-state index contributed by atoms with van der Waals surface area (Å²) in [5.74, 6) is 0.745. The SMILES string of the molecule is O=C([C@H]1CC=CCC1)N1CCC2(CC1)C[C@@H]2C(=O)N1CCN(Cc2cccc(F)c2)CC1. The van der Waals surface area contributed by atoms with Crippen LogP contribution in [0.25, 0.3) is 0 Å². The molecule has 4 aliphatic rings. The third-order valence-electron chi connectivity index (χ3n) is 8.16. The minimum atomic E-state index is -0.196. The maximum absolute atomic E-state index is 13.4. The molecule has 172 valence electrons. The molecule has 2 atom stereocenters. The van der Waals surface area contributed by atoms with E-state index in [9.17, 15) is 14.0 Å². The largest absolute Gasteiger partial charge is 0.342 e. The Labute approximate surface area is 190 Å². The van der Waals surface area contributed by atoms with Crippen LogP contribution in [-0.2, 0) is 16.1 Å². The van der Waals surface area contributed by atoms with Crippen molar-refractivity contribution in [1.29, 1.82) is 0 Å². The van der Waals surface area contributed by atoms with Crippen molar-refractivity contribution < 1.29 is 14.0 Å². The fraction of sp³-hybridized carbons (Fsp3) is 0.615. The van der Waals surface area contributed by atoms with Gasteiger partial charge in [-0.05, 0) is 61.6 Å². The van der Waals surface area contributed by atoms with Gasteiger partial charge in [-0.25, -0.2) is 4.39 Å². The Morgan fingerprint density at radius 2 is 1.72 bits per heavy atom. The van der Waals surface area contributed by atoms with E-state index in [2.05, 4.69) is 22.0 Å². The summed E-state index contributed by atoms with van der Waals surface area (Å²) in [5, 5.41) is 0. The predicted octanol–water partition coefficient (Wildman–Crippen LogP) is 3.45. The molecule has 2 amide bonds. The molecule has 3 fully saturated rings. The van der Waals surface area contributed by atoms with Gasteiger partial charge in [0, 0.05) is 57.6 Å². The van der Waals surface area contributed by atoms with E-state index in [4.69, 9.17) is 0 Å². The van der Waals surface area contributed by atoms with Gasteiger partial charge in [-0.1, -0.05) is 24.3 Å². The molecule has 1 spiro atoms. The molecule has 2 aliphatic heterocycles. The molecule has 5 nitrogen and oxygen atoms in total. The number of piperidine rings is 1. The number of nitrogens with zero attached hydrogens (tertiary/aromatic N) is 3. The van der Waals surface area contributed by atoms with E-state index in [1.807, 2.05) is 11.0 Å². The molecule has 2 heterocycles. The molecule has 0 aromatic heterocycles. The fourth-order valence-corrected chi connectivity index (χ4v) is 5.94. The highest BCUT2D eigenvalue weighted by Crippen LogP contribution is 2.60. The van der Waals surface area contributed by atoms with Crippen molar-refractivity contribution in [3.8, 4) is 0 Å². The van der Waals surface area contributed by atoms with Crippen LogP contribution in [0.1, 0.15) is 44.1 Å². The first-order valence-corrected chi connectivity index (χ1v) is 12.2. The van der Waals surface area contributed by atoms with Gasteiger partial charge in [-0.2, -0.15) is 0 Å². The number of hydrogen-bond acceptors (Lipinski definition) is 3. The summed E-state index contributed by atoms with van der Waals surface area (Å²) in [5.41, 5.74) is 1.12. The van der Waals surface area contributed by atoms with Crippen molar-refractivity contribution in [2.75, 3.05) is 39.3 Å². The highest BCUT2D eigenvalue weighted by Gasteiger charge is 2.59. The number of benzene rings is 1. The van der Waals surface area contributed by atoms with Gasteiger partial charge in [0.05, 0.1) is 0 Å². The van der Waals surface area contributed by atoms with Crippen molar-refractivity contribution in [1.82, 2.24) is 14.7 Å². The lowest BCUT2D eigenvalue weighted by molar-refractivity contribution is -0.138. The van der Waals surface area contributed by atoms with Crippen LogP contribution in [0.4, 0.5) is 4.39 Å². The normalized spacial score (nSPS) is 27.5. The Kier molecular flexibility index (Phi) is 6.06. The number of piperazine rings is 1. The zero-order chi connectivity index (χ0) is 22.1. The molecule has 1 aromatic carbocycles. The molecule has 1 aromatic rings. The number of rotatable bonds is 4. The average Bonchev–Trinajstić information content (AvgIpc) is 3.52. The zero-order valence-electron chi connectivity index (χ0n) is 18.8. The number of carbonyl (C=O) groups is 2. The number of likely N-dealkylation sites (tertiary alicyclic amines) is 1. The van der Waals surface area contributed by atoms with Crippen molar-refractivity contribution in [3.63, 3.8) is 0 Å². The van der Waals surface area contributed by atoms with E-state index in [-0.39, 0.29) is 23.1 Å². The van der Waals surface area contributed by atoms with Crippen molar-refractivity contribution in [2.24, 2.45) is 17.3 Å². The van der Waals surface area contributed by atoms with Crippen LogP contribution in [0.3, 0.4) is 0 Å². The first-order chi connectivity index (χ1) is 15.5. The van der Waals surface area contributed by atoms with E-state index in [0.717, 1.165) is 89.9 Å². The van der Waals surface area contributed by atoms with Crippen molar-refractivity contribution in [3.05, 3.63) is 47.8 Å².